The van der Waals surface area contributed by atoms with Crippen LogP contribution in [0.15, 0.2) is 24.3 Å². The first-order chi connectivity index (χ1) is 7.45. The summed E-state index contributed by atoms with van der Waals surface area (Å²) in [6.45, 7) is 11.8. The van der Waals surface area contributed by atoms with E-state index in [1.54, 1.807) is 0 Å². The van der Waals surface area contributed by atoms with Gasteiger partial charge in [0.25, 0.3) is 0 Å². The molecule has 0 aliphatic rings. The Hall–Kier alpha value is -0.820. The average molecular weight is 220 g/mol. The molecule has 0 saturated heterocycles. The molecule has 0 N–H and O–H groups in total. The van der Waals surface area contributed by atoms with Crippen molar-refractivity contribution in [2.24, 2.45) is 0 Å². The Labute approximate surface area is 99.8 Å². The first-order valence-corrected chi connectivity index (χ1v) is 6.17. The van der Waals surface area contributed by atoms with Gasteiger partial charge < -0.3 is 4.74 Å². The predicted molar refractivity (Wildman–Crippen MR) is 69.8 cm³/mol. The molecule has 0 aliphatic heterocycles. The second kappa shape index (κ2) is 5.49. The summed E-state index contributed by atoms with van der Waals surface area (Å²) in [5, 5.41) is 0. The Kier molecular flexibility index (Phi) is 4.55. The normalized spacial score (nSPS) is 13.8. The maximum absolute atomic E-state index is 5.70. The van der Waals surface area contributed by atoms with Crippen molar-refractivity contribution in [1.82, 2.24) is 0 Å². The van der Waals surface area contributed by atoms with Crippen LogP contribution < -0.4 is 0 Å². The van der Waals surface area contributed by atoms with Gasteiger partial charge in [-0.3, -0.25) is 0 Å². The second-order valence-corrected chi connectivity index (χ2v) is 5.39. The molecular weight excluding hydrogens is 196 g/mol. The Morgan fingerprint density at radius 1 is 1.12 bits per heavy atom. The summed E-state index contributed by atoms with van der Waals surface area (Å²) in [7, 11) is 0. The van der Waals surface area contributed by atoms with Gasteiger partial charge in [-0.15, -0.1) is 0 Å². The Morgan fingerprint density at radius 3 is 2.12 bits per heavy atom. The van der Waals surface area contributed by atoms with Crippen molar-refractivity contribution in [3.8, 4) is 0 Å². The van der Waals surface area contributed by atoms with E-state index in [4.69, 9.17) is 4.74 Å². The second-order valence-electron chi connectivity index (χ2n) is 5.39. The van der Waals surface area contributed by atoms with Crippen LogP contribution in [0, 0.1) is 0 Å². The molecule has 0 saturated carbocycles. The lowest BCUT2D eigenvalue weighted by atomic mass is 9.86. The zero-order valence-corrected chi connectivity index (χ0v) is 11.2. The maximum Gasteiger partial charge on any atom is 0.0796 e. The van der Waals surface area contributed by atoms with Crippen molar-refractivity contribution >= 4 is 0 Å². The van der Waals surface area contributed by atoms with E-state index in [9.17, 15) is 0 Å². The van der Waals surface area contributed by atoms with Gasteiger partial charge in [-0.1, -0.05) is 52.0 Å². The van der Waals surface area contributed by atoms with Crippen LogP contribution in [0.4, 0.5) is 0 Å². The highest BCUT2D eigenvalue weighted by Gasteiger charge is 2.13. The summed E-state index contributed by atoms with van der Waals surface area (Å²) in [5.41, 5.74) is 2.87. The zero-order valence-electron chi connectivity index (χ0n) is 11.2. The van der Waals surface area contributed by atoms with Crippen LogP contribution in [-0.2, 0) is 10.2 Å². The average Bonchev–Trinajstić information content (AvgIpc) is 2.25. The minimum absolute atomic E-state index is 0.203. The Balaban J connectivity index is 2.71. The molecule has 0 aliphatic carbocycles. The molecular formula is C15H24O. The van der Waals surface area contributed by atoms with E-state index in [-0.39, 0.29) is 11.5 Å². The van der Waals surface area contributed by atoms with E-state index in [1.807, 2.05) is 0 Å². The summed E-state index contributed by atoms with van der Waals surface area (Å²) in [6.07, 6.45) is 1.28. The summed E-state index contributed by atoms with van der Waals surface area (Å²) < 4.78 is 5.70. The third kappa shape index (κ3) is 3.64. The number of hydrogen-bond donors (Lipinski definition) is 0. The quantitative estimate of drug-likeness (QED) is 0.727. The van der Waals surface area contributed by atoms with Crippen molar-refractivity contribution in [3.63, 3.8) is 0 Å². The van der Waals surface area contributed by atoms with E-state index in [0.29, 0.717) is 0 Å². The minimum Gasteiger partial charge on any atom is -0.374 e. The van der Waals surface area contributed by atoms with Gasteiger partial charge in [0, 0.05) is 6.61 Å². The van der Waals surface area contributed by atoms with E-state index in [0.717, 1.165) is 13.0 Å². The molecule has 1 unspecified atom stereocenters. The predicted octanol–water partition coefficient (Wildman–Crippen LogP) is 4.47. The van der Waals surface area contributed by atoms with E-state index in [2.05, 4.69) is 58.9 Å². The summed E-state index contributed by atoms with van der Waals surface area (Å²) in [6, 6.07) is 8.78. The lowest BCUT2D eigenvalue weighted by Crippen LogP contribution is -2.11. The van der Waals surface area contributed by atoms with Crippen LogP contribution in [-0.4, -0.2) is 6.61 Å². The first-order valence-electron chi connectivity index (χ1n) is 6.17. The van der Waals surface area contributed by atoms with Crippen molar-refractivity contribution in [2.45, 2.75) is 52.6 Å². The van der Waals surface area contributed by atoms with E-state index in [1.165, 1.54) is 11.1 Å². The summed E-state index contributed by atoms with van der Waals surface area (Å²) in [5.74, 6) is 0. The summed E-state index contributed by atoms with van der Waals surface area (Å²) in [4.78, 5) is 0. The molecule has 1 rings (SSSR count). The molecule has 0 aromatic heterocycles. The van der Waals surface area contributed by atoms with Gasteiger partial charge in [0.15, 0.2) is 0 Å². The van der Waals surface area contributed by atoms with Gasteiger partial charge >= 0.3 is 0 Å². The zero-order chi connectivity index (χ0) is 12.2. The van der Waals surface area contributed by atoms with Gasteiger partial charge in [-0.05, 0) is 29.9 Å². The number of hydrogen-bond acceptors (Lipinski definition) is 1. The lowest BCUT2D eigenvalue weighted by Gasteiger charge is -2.20. The highest BCUT2D eigenvalue weighted by atomic mass is 16.5. The van der Waals surface area contributed by atoms with Crippen molar-refractivity contribution in [2.75, 3.05) is 6.61 Å². The van der Waals surface area contributed by atoms with Crippen molar-refractivity contribution in [1.29, 1.82) is 0 Å². The SMILES string of the molecule is CCCOC(C)c1ccc(C(C)(C)C)cc1. The highest BCUT2D eigenvalue weighted by molar-refractivity contribution is 5.28. The monoisotopic (exact) mass is 220 g/mol. The van der Waals surface area contributed by atoms with Gasteiger partial charge in [-0.2, -0.15) is 0 Å². The topological polar surface area (TPSA) is 9.23 Å². The van der Waals surface area contributed by atoms with Crippen LogP contribution in [0.2, 0.25) is 0 Å². The van der Waals surface area contributed by atoms with Gasteiger partial charge in [-0.25, -0.2) is 0 Å². The number of benzene rings is 1. The van der Waals surface area contributed by atoms with Crippen molar-refractivity contribution < 1.29 is 4.74 Å². The molecule has 16 heavy (non-hydrogen) atoms. The molecule has 0 fully saturated rings. The Morgan fingerprint density at radius 2 is 1.69 bits per heavy atom. The maximum atomic E-state index is 5.70. The third-order valence-electron chi connectivity index (χ3n) is 2.82. The lowest BCUT2D eigenvalue weighted by molar-refractivity contribution is 0.0662. The third-order valence-corrected chi connectivity index (χ3v) is 2.82. The molecule has 0 radical (unpaired) electrons. The van der Waals surface area contributed by atoms with Gasteiger partial charge in [0.2, 0.25) is 0 Å². The molecule has 0 amide bonds. The van der Waals surface area contributed by atoms with Gasteiger partial charge in [0.05, 0.1) is 6.10 Å². The molecule has 90 valence electrons. The molecule has 1 atom stereocenters. The van der Waals surface area contributed by atoms with Crippen LogP contribution in [0.1, 0.15) is 58.3 Å². The van der Waals surface area contributed by atoms with Crippen LogP contribution in [0.5, 0.6) is 0 Å². The molecule has 0 spiro atoms. The van der Waals surface area contributed by atoms with Crippen LogP contribution in [0.3, 0.4) is 0 Å². The fourth-order valence-electron chi connectivity index (χ4n) is 1.64. The Bertz CT molecular complexity index is 305. The minimum atomic E-state index is 0.203. The molecule has 1 aromatic rings. The highest BCUT2D eigenvalue weighted by Crippen LogP contribution is 2.24. The first kappa shape index (κ1) is 13.2. The van der Waals surface area contributed by atoms with E-state index < -0.39 is 0 Å². The largest absolute Gasteiger partial charge is 0.374 e. The standard InChI is InChI=1S/C15H24O/c1-6-11-16-12(2)13-7-9-14(10-8-13)15(3,4)5/h7-10,12H,6,11H2,1-5H3. The number of rotatable bonds is 4. The molecule has 1 aromatic carbocycles. The molecule has 0 bridgehead atoms. The fraction of sp³-hybridized carbons (Fsp3) is 0.600. The van der Waals surface area contributed by atoms with Crippen LogP contribution in [0.25, 0.3) is 0 Å². The number of ether oxygens (including phenoxy) is 1. The van der Waals surface area contributed by atoms with Crippen molar-refractivity contribution in [3.05, 3.63) is 35.4 Å². The smallest absolute Gasteiger partial charge is 0.0796 e. The molecule has 1 heteroatoms. The molecule has 0 heterocycles. The van der Waals surface area contributed by atoms with E-state index >= 15 is 0 Å². The van der Waals surface area contributed by atoms with Gasteiger partial charge in [0.1, 0.15) is 0 Å². The molecule has 1 nitrogen and oxygen atoms in total. The fourth-order valence-corrected chi connectivity index (χ4v) is 1.64. The van der Waals surface area contributed by atoms with Crippen LogP contribution >= 0.6 is 0 Å². The summed E-state index contributed by atoms with van der Waals surface area (Å²) >= 11 is 0.